The fourth-order valence-electron chi connectivity index (χ4n) is 3.93. The van der Waals surface area contributed by atoms with Crippen molar-refractivity contribution in [1.29, 1.82) is 0 Å². The summed E-state index contributed by atoms with van der Waals surface area (Å²) in [5.74, 6) is -1.11. The lowest BCUT2D eigenvalue weighted by atomic mass is 9.93. The average Bonchev–Trinajstić information content (AvgIpc) is 3.24. The Labute approximate surface area is 164 Å². The molecule has 5 N–H and O–H groups in total. The number of rotatable bonds is 4. The van der Waals surface area contributed by atoms with Crippen LogP contribution in [-0.2, 0) is 14.3 Å². The first-order valence-corrected chi connectivity index (χ1v) is 9.32. The smallest absolute Gasteiger partial charge is 0.303 e. The molecule has 4 rings (SSSR count). The highest BCUT2D eigenvalue weighted by atomic mass is 16.6. The number of nitrogen functional groups attached to an aromatic ring is 1. The topological polar surface area (TPSA) is 177 Å². The summed E-state index contributed by atoms with van der Waals surface area (Å²) in [5, 5.41) is 29.8. The number of fused-ring (bicyclic) bond motifs is 1. The molecule has 2 aliphatic heterocycles. The molecule has 2 fully saturated rings. The quantitative estimate of drug-likeness (QED) is 0.479. The van der Waals surface area contributed by atoms with Crippen LogP contribution in [0.25, 0.3) is 11.2 Å². The van der Waals surface area contributed by atoms with Gasteiger partial charge in [-0.05, 0) is 18.8 Å². The number of aromatic nitrogens is 4. The molecule has 0 radical (unpaired) electrons. The number of carbonyl (C=O) groups excluding carboxylic acids is 1. The maximum Gasteiger partial charge on any atom is 0.303 e. The molecule has 2 aliphatic rings. The van der Waals surface area contributed by atoms with E-state index in [1.54, 1.807) is 0 Å². The maximum atomic E-state index is 12.9. The van der Waals surface area contributed by atoms with Crippen molar-refractivity contribution in [3.63, 3.8) is 0 Å². The SMILES string of the molecule is Nc1ncnc2c1ncn2[C@@H]1O[C@H](C(=O)N2CCC(CC(=O)O)CC2)[C@@H](O)[C@H]1O. The van der Waals surface area contributed by atoms with Crippen LogP contribution in [0.3, 0.4) is 0 Å². The summed E-state index contributed by atoms with van der Waals surface area (Å²) in [7, 11) is 0. The number of likely N-dealkylation sites (tertiary alicyclic amines) is 1. The predicted molar refractivity (Wildman–Crippen MR) is 97.2 cm³/mol. The third-order valence-corrected chi connectivity index (χ3v) is 5.53. The number of aliphatic hydroxyl groups is 2. The molecule has 0 saturated carbocycles. The Hall–Kier alpha value is -2.83. The van der Waals surface area contributed by atoms with Crippen molar-refractivity contribution in [2.45, 2.75) is 43.8 Å². The van der Waals surface area contributed by atoms with Crippen LogP contribution in [0.2, 0.25) is 0 Å². The van der Waals surface area contributed by atoms with Gasteiger partial charge in [0.25, 0.3) is 5.91 Å². The summed E-state index contributed by atoms with van der Waals surface area (Å²) in [6.45, 7) is 0.754. The van der Waals surface area contributed by atoms with Gasteiger partial charge in [-0.3, -0.25) is 14.2 Å². The fraction of sp³-hybridized carbons (Fsp3) is 0.588. The van der Waals surface area contributed by atoms with Gasteiger partial charge in [-0.15, -0.1) is 0 Å². The van der Waals surface area contributed by atoms with E-state index in [9.17, 15) is 19.8 Å². The van der Waals surface area contributed by atoms with Crippen LogP contribution in [-0.4, -0.2) is 83.0 Å². The van der Waals surface area contributed by atoms with Crippen LogP contribution in [0, 0.1) is 5.92 Å². The molecule has 0 unspecified atom stereocenters. The number of anilines is 1. The Morgan fingerprint density at radius 3 is 2.59 bits per heavy atom. The Bertz CT molecular complexity index is 926. The van der Waals surface area contributed by atoms with E-state index in [4.69, 9.17) is 15.6 Å². The lowest BCUT2D eigenvalue weighted by molar-refractivity contribution is -0.150. The van der Waals surface area contributed by atoms with Gasteiger partial charge in [0.15, 0.2) is 23.8 Å². The van der Waals surface area contributed by atoms with E-state index in [0.717, 1.165) is 0 Å². The number of carboxylic acids is 1. The molecule has 0 aliphatic carbocycles. The van der Waals surface area contributed by atoms with Crippen molar-refractivity contribution in [3.8, 4) is 0 Å². The summed E-state index contributed by atoms with van der Waals surface area (Å²) in [4.78, 5) is 37.3. The number of carboxylic acid groups (broad SMARTS) is 1. The lowest BCUT2D eigenvalue weighted by Crippen LogP contribution is -2.48. The number of piperidine rings is 1. The van der Waals surface area contributed by atoms with Gasteiger partial charge in [0.2, 0.25) is 0 Å². The molecule has 12 heteroatoms. The largest absolute Gasteiger partial charge is 0.481 e. The molecule has 2 aromatic heterocycles. The summed E-state index contributed by atoms with van der Waals surface area (Å²) < 4.78 is 7.13. The summed E-state index contributed by atoms with van der Waals surface area (Å²) >= 11 is 0. The number of aliphatic carboxylic acids is 1. The van der Waals surface area contributed by atoms with Crippen LogP contribution in [0.5, 0.6) is 0 Å². The number of imidazole rings is 1. The molecule has 12 nitrogen and oxygen atoms in total. The van der Waals surface area contributed by atoms with E-state index in [0.29, 0.717) is 37.1 Å². The third kappa shape index (κ3) is 3.50. The van der Waals surface area contributed by atoms with Crippen LogP contribution < -0.4 is 5.73 Å². The molecule has 4 heterocycles. The molecule has 1 amide bonds. The minimum Gasteiger partial charge on any atom is -0.481 e. The minimum absolute atomic E-state index is 0.0202. The third-order valence-electron chi connectivity index (χ3n) is 5.53. The van der Waals surface area contributed by atoms with Crippen LogP contribution >= 0.6 is 0 Å². The monoisotopic (exact) mass is 406 g/mol. The Morgan fingerprint density at radius 2 is 1.90 bits per heavy atom. The lowest BCUT2D eigenvalue weighted by Gasteiger charge is -2.33. The van der Waals surface area contributed by atoms with Crippen molar-refractivity contribution < 1.29 is 29.6 Å². The average molecular weight is 406 g/mol. The van der Waals surface area contributed by atoms with Gasteiger partial charge in [-0.25, -0.2) is 15.0 Å². The van der Waals surface area contributed by atoms with Gasteiger partial charge in [-0.1, -0.05) is 0 Å². The number of nitrogens with zero attached hydrogens (tertiary/aromatic N) is 5. The van der Waals surface area contributed by atoms with Gasteiger partial charge in [0.1, 0.15) is 24.1 Å². The van der Waals surface area contributed by atoms with E-state index in [-0.39, 0.29) is 18.2 Å². The molecular weight excluding hydrogens is 384 g/mol. The Morgan fingerprint density at radius 1 is 1.17 bits per heavy atom. The highest BCUT2D eigenvalue weighted by Crippen LogP contribution is 2.33. The molecule has 4 atom stereocenters. The van der Waals surface area contributed by atoms with E-state index in [2.05, 4.69) is 15.0 Å². The van der Waals surface area contributed by atoms with Crippen molar-refractivity contribution in [1.82, 2.24) is 24.4 Å². The second kappa shape index (κ2) is 7.54. The second-order valence-electron chi connectivity index (χ2n) is 7.38. The fourth-order valence-corrected chi connectivity index (χ4v) is 3.93. The highest BCUT2D eigenvalue weighted by molar-refractivity contribution is 5.83. The van der Waals surface area contributed by atoms with E-state index >= 15 is 0 Å². The summed E-state index contributed by atoms with van der Waals surface area (Å²) in [5.41, 5.74) is 6.41. The zero-order valence-corrected chi connectivity index (χ0v) is 15.5. The number of hydrogen-bond acceptors (Lipinski definition) is 9. The maximum absolute atomic E-state index is 12.9. The minimum atomic E-state index is -1.43. The van der Waals surface area contributed by atoms with Crippen molar-refractivity contribution in [2.24, 2.45) is 5.92 Å². The van der Waals surface area contributed by atoms with Crippen molar-refractivity contribution >= 4 is 28.9 Å². The number of carbonyl (C=O) groups is 2. The Kier molecular flexibility index (Phi) is 5.06. The number of nitrogens with two attached hydrogens (primary N) is 1. The number of hydrogen-bond donors (Lipinski definition) is 4. The molecular formula is C17H22N6O6. The summed E-state index contributed by atoms with van der Waals surface area (Å²) in [6.07, 6.45) is -1.31. The molecule has 0 aromatic carbocycles. The molecule has 0 bridgehead atoms. The van der Waals surface area contributed by atoms with Crippen molar-refractivity contribution in [2.75, 3.05) is 18.8 Å². The molecule has 29 heavy (non-hydrogen) atoms. The first kappa shape index (κ1) is 19.5. The first-order chi connectivity index (χ1) is 13.9. The van der Waals surface area contributed by atoms with Crippen LogP contribution in [0.15, 0.2) is 12.7 Å². The van der Waals surface area contributed by atoms with Gasteiger partial charge in [0.05, 0.1) is 6.33 Å². The van der Waals surface area contributed by atoms with Gasteiger partial charge in [-0.2, -0.15) is 0 Å². The molecule has 0 spiro atoms. The normalized spacial score (nSPS) is 28.1. The predicted octanol–water partition coefficient (Wildman–Crippen LogP) is -1.26. The second-order valence-corrected chi connectivity index (χ2v) is 7.38. The Balaban J connectivity index is 1.48. The van der Waals surface area contributed by atoms with E-state index in [1.165, 1.54) is 22.1 Å². The number of aliphatic hydroxyl groups excluding tert-OH is 2. The zero-order chi connectivity index (χ0) is 20.7. The van der Waals surface area contributed by atoms with E-state index < -0.39 is 36.4 Å². The van der Waals surface area contributed by atoms with Crippen LogP contribution in [0.1, 0.15) is 25.5 Å². The van der Waals surface area contributed by atoms with Gasteiger partial charge < -0.3 is 30.7 Å². The highest BCUT2D eigenvalue weighted by Gasteiger charge is 2.49. The van der Waals surface area contributed by atoms with E-state index in [1.807, 2.05) is 0 Å². The van der Waals surface area contributed by atoms with Gasteiger partial charge >= 0.3 is 5.97 Å². The number of amides is 1. The molecule has 2 aromatic rings. The molecule has 2 saturated heterocycles. The van der Waals surface area contributed by atoms with Crippen LogP contribution in [0.4, 0.5) is 5.82 Å². The van der Waals surface area contributed by atoms with Crippen molar-refractivity contribution in [3.05, 3.63) is 12.7 Å². The zero-order valence-electron chi connectivity index (χ0n) is 15.5. The molecule has 156 valence electrons. The van der Waals surface area contributed by atoms with Gasteiger partial charge in [0, 0.05) is 19.5 Å². The first-order valence-electron chi connectivity index (χ1n) is 9.32. The number of ether oxygens (including phenoxy) is 1. The standard InChI is InChI=1S/C17H22N6O6/c18-14-10-15(20-6-19-14)23(7-21-10)17-12(27)11(26)13(29-17)16(28)22-3-1-8(2-4-22)5-9(24)25/h6-8,11-13,17,26-27H,1-5H2,(H,24,25)(H2,18,19,20)/t11-,12+,13-,17+/m0/s1. The summed E-state index contributed by atoms with van der Waals surface area (Å²) in [6, 6.07) is 0.